The molecule has 0 amide bonds. The minimum absolute atomic E-state index is 0.0927. The highest BCUT2D eigenvalue weighted by molar-refractivity contribution is 5.63. The first-order chi connectivity index (χ1) is 8.86. The number of ether oxygens (including phenoxy) is 2. The van der Waals surface area contributed by atoms with Crippen LogP contribution in [0.15, 0.2) is 24.4 Å². The minimum atomic E-state index is -0.0927. The molecule has 0 saturated carbocycles. The van der Waals surface area contributed by atoms with Crippen LogP contribution in [-0.4, -0.2) is 28.3 Å². The highest BCUT2D eigenvalue weighted by Crippen LogP contribution is 2.33. The molecule has 1 aromatic carbocycles. The van der Waals surface area contributed by atoms with Crippen LogP contribution in [0.4, 0.5) is 0 Å². The predicted octanol–water partition coefficient (Wildman–Crippen LogP) is 1.73. The minimum Gasteiger partial charge on any atom is -0.490 e. The maximum atomic E-state index is 8.99. The molecule has 3 rings (SSSR count). The molecule has 5 heteroatoms. The lowest BCUT2D eigenvalue weighted by Gasteiger charge is -2.08. The quantitative estimate of drug-likeness (QED) is 0.846. The van der Waals surface area contributed by atoms with E-state index in [0.717, 1.165) is 29.2 Å². The SMILES string of the molecule is OCc1ncc(-c2ccc3c(c2)OCCCO3)[nH]1. The van der Waals surface area contributed by atoms with Gasteiger partial charge in [-0.05, 0) is 18.2 Å². The molecule has 18 heavy (non-hydrogen) atoms. The summed E-state index contributed by atoms with van der Waals surface area (Å²) in [6.07, 6.45) is 2.59. The molecule has 0 spiro atoms. The van der Waals surface area contributed by atoms with Crippen molar-refractivity contribution in [3.63, 3.8) is 0 Å². The summed E-state index contributed by atoms with van der Waals surface area (Å²) in [7, 11) is 0. The molecule has 0 unspecified atom stereocenters. The second-order valence-electron chi connectivity index (χ2n) is 4.11. The molecule has 1 aromatic heterocycles. The molecular weight excluding hydrogens is 232 g/mol. The summed E-state index contributed by atoms with van der Waals surface area (Å²) in [6, 6.07) is 5.77. The Kier molecular flexibility index (Phi) is 2.90. The summed E-state index contributed by atoms with van der Waals surface area (Å²) in [5, 5.41) is 8.99. The van der Waals surface area contributed by atoms with Crippen molar-refractivity contribution in [2.75, 3.05) is 13.2 Å². The van der Waals surface area contributed by atoms with Gasteiger partial charge in [0, 0.05) is 12.0 Å². The smallest absolute Gasteiger partial charge is 0.161 e. The highest BCUT2D eigenvalue weighted by Gasteiger charge is 2.12. The van der Waals surface area contributed by atoms with Gasteiger partial charge in [-0.2, -0.15) is 0 Å². The number of rotatable bonds is 2. The van der Waals surface area contributed by atoms with Gasteiger partial charge in [0.15, 0.2) is 11.5 Å². The van der Waals surface area contributed by atoms with Crippen molar-refractivity contribution in [2.24, 2.45) is 0 Å². The van der Waals surface area contributed by atoms with E-state index in [0.29, 0.717) is 19.0 Å². The molecule has 0 aliphatic carbocycles. The number of hydrogen-bond donors (Lipinski definition) is 2. The lowest BCUT2D eigenvalue weighted by atomic mass is 10.1. The van der Waals surface area contributed by atoms with E-state index in [4.69, 9.17) is 14.6 Å². The zero-order chi connectivity index (χ0) is 12.4. The van der Waals surface area contributed by atoms with Crippen LogP contribution < -0.4 is 9.47 Å². The highest BCUT2D eigenvalue weighted by atomic mass is 16.5. The van der Waals surface area contributed by atoms with Crippen molar-refractivity contribution in [1.29, 1.82) is 0 Å². The standard InChI is InChI=1S/C13H14N2O3/c16-8-13-14-7-10(15-13)9-2-3-11-12(6-9)18-5-1-4-17-11/h2-3,6-7,16H,1,4-5,8H2,(H,14,15). The number of aliphatic hydroxyl groups excluding tert-OH is 1. The third kappa shape index (κ3) is 2.04. The van der Waals surface area contributed by atoms with Gasteiger partial charge < -0.3 is 19.6 Å². The summed E-state index contributed by atoms with van der Waals surface area (Å²) in [5.41, 5.74) is 1.82. The van der Waals surface area contributed by atoms with Crippen LogP contribution in [0.2, 0.25) is 0 Å². The fourth-order valence-electron chi connectivity index (χ4n) is 1.92. The van der Waals surface area contributed by atoms with Crippen LogP contribution >= 0.6 is 0 Å². The van der Waals surface area contributed by atoms with Gasteiger partial charge in [0.25, 0.3) is 0 Å². The Morgan fingerprint density at radius 2 is 2.06 bits per heavy atom. The van der Waals surface area contributed by atoms with Gasteiger partial charge in [-0.1, -0.05) is 0 Å². The summed E-state index contributed by atoms with van der Waals surface area (Å²) < 4.78 is 11.2. The molecule has 0 atom stereocenters. The fraction of sp³-hybridized carbons (Fsp3) is 0.308. The topological polar surface area (TPSA) is 67.4 Å². The fourth-order valence-corrected chi connectivity index (χ4v) is 1.92. The second kappa shape index (κ2) is 4.70. The number of aromatic amines is 1. The zero-order valence-corrected chi connectivity index (χ0v) is 9.85. The number of nitrogens with one attached hydrogen (secondary N) is 1. The van der Waals surface area contributed by atoms with E-state index in [-0.39, 0.29) is 6.61 Å². The van der Waals surface area contributed by atoms with E-state index in [1.165, 1.54) is 0 Å². The van der Waals surface area contributed by atoms with Crippen molar-refractivity contribution in [2.45, 2.75) is 13.0 Å². The summed E-state index contributed by atoms with van der Waals surface area (Å²) in [5.74, 6) is 2.08. The Balaban J connectivity index is 1.95. The molecule has 1 aliphatic heterocycles. The van der Waals surface area contributed by atoms with Crippen LogP contribution in [0, 0.1) is 0 Å². The number of fused-ring (bicyclic) bond motifs is 1. The van der Waals surface area contributed by atoms with E-state index < -0.39 is 0 Å². The van der Waals surface area contributed by atoms with E-state index in [1.54, 1.807) is 6.20 Å². The van der Waals surface area contributed by atoms with Gasteiger partial charge in [-0.15, -0.1) is 0 Å². The third-order valence-corrected chi connectivity index (χ3v) is 2.84. The first-order valence-corrected chi connectivity index (χ1v) is 5.91. The zero-order valence-electron chi connectivity index (χ0n) is 9.85. The molecule has 2 heterocycles. The number of hydrogen-bond acceptors (Lipinski definition) is 4. The van der Waals surface area contributed by atoms with Gasteiger partial charge in [-0.3, -0.25) is 0 Å². The molecule has 1 aliphatic rings. The molecule has 0 fully saturated rings. The summed E-state index contributed by atoms with van der Waals surface area (Å²) in [6.45, 7) is 1.26. The number of aliphatic hydroxyl groups is 1. The number of benzene rings is 1. The van der Waals surface area contributed by atoms with E-state index in [2.05, 4.69) is 9.97 Å². The van der Waals surface area contributed by atoms with Gasteiger partial charge in [0.2, 0.25) is 0 Å². The molecule has 0 saturated heterocycles. The van der Waals surface area contributed by atoms with Gasteiger partial charge in [-0.25, -0.2) is 4.98 Å². The largest absolute Gasteiger partial charge is 0.490 e. The number of aromatic nitrogens is 2. The Hall–Kier alpha value is -2.01. The van der Waals surface area contributed by atoms with Crippen molar-refractivity contribution in [3.8, 4) is 22.8 Å². The molecule has 5 nitrogen and oxygen atoms in total. The van der Waals surface area contributed by atoms with E-state index in [1.807, 2.05) is 18.2 Å². The molecule has 0 radical (unpaired) electrons. The number of nitrogens with zero attached hydrogens (tertiary/aromatic N) is 1. The van der Waals surface area contributed by atoms with Gasteiger partial charge >= 0.3 is 0 Å². The molecule has 0 bridgehead atoms. The van der Waals surface area contributed by atoms with E-state index >= 15 is 0 Å². The normalized spacial score (nSPS) is 14.3. The lowest BCUT2D eigenvalue weighted by molar-refractivity contribution is 0.272. The van der Waals surface area contributed by atoms with Crippen LogP contribution in [0.1, 0.15) is 12.2 Å². The maximum Gasteiger partial charge on any atom is 0.161 e. The number of H-pyrrole nitrogens is 1. The van der Waals surface area contributed by atoms with Crippen molar-refractivity contribution in [3.05, 3.63) is 30.2 Å². The van der Waals surface area contributed by atoms with Crippen LogP contribution in [-0.2, 0) is 6.61 Å². The Labute approximate surface area is 104 Å². The number of imidazole rings is 1. The summed E-state index contributed by atoms with van der Waals surface area (Å²) >= 11 is 0. The lowest BCUT2D eigenvalue weighted by Crippen LogP contribution is -1.97. The summed E-state index contributed by atoms with van der Waals surface area (Å²) in [4.78, 5) is 7.11. The van der Waals surface area contributed by atoms with Crippen molar-refractivity contribution >= 4 is 0 Å². The monoisotopic (exact) mass is 246 g/mol. The third-order valence-electron chi connectivity index (χ3n) is 2.84. The Morgan fingerprint density at radius 1 is 1.22 bits per heavy atom. The van der Waals surface area contributed by atoms with Crippen molar-refractivity contribution in [1.82, 2.24) is 9.97 Å². The van der Waals surface area contributed by atoms with E-state index in [9.17, 15) is 0 Å². The second-order valence-corrected chi connectivity index (χ2v) is 4.11. The van der Waals surface area contributed by atoms with Crippen molar-refractivity contribution < 1.29 is 14.6 Å². The maximum absolute atomic E-state index is 8.99. The Bertz CT molecular complexity index is 551. The first-order valence-electron chi connectivity index (χ1n) is 5.91. The average molecular weight is 246 g/mol. The Morgan fingerprint density at radius 3 is 2.83 bits per heavy atom. The molecular formula is C13H14N2O3. The molecule has 2 N–H and O–H groups in total. The van der Waals surface area contributed by atoms with Crippen LogP contribution in [0.5, 0.6) is 11.5 Å². The van der Waals surface area contributed by atoms with Gasteiger partial charge in [0.05, 0.1) is 25.1 Å². The van der Waals surface area contributed by atoms with Crippen LogP contribution in [0.25, 0.3) is 11.3 Å². The average Bonchev–Trinajstić information content (AvgIpc) is 2.76. The molecule has 94 valence electrons. The van der Waals surface area contributed by atoms with Crippen LogP contribution in [0.3, 0.4) is 0 Å². The van der Waals surface area contributed by atoms with Gasteiger partial charge in [0.1, 0.15) is 12.4 Å². The molecule has 2 aromatic rings. The predicted molar refractivity (Wildman–Crippen MR) is 65.6 cm³/mol. The first kappa shape index (κ1) is 11.1.